The van der Waals surface area contributed by atoms with Gasteiger partial charge in [0.1, 0.15) is 0 Å². The molecule has 0 bridgehead atoms. The molecule has 0 radical (unpaired) electrons. The van der Waals surface area contributed by atoms with Gasteiger partial charge in [0, 0.05) is 10.1 Å². The number of ether oxygens (including phenoxy) is 1. The first kappa shape index (κ1) is 16.6. The number of para-hydroxylation sites is 1. The van der Waals surface area contributed by atoms with Crippen LogP contribution in [0.5, 0.6) is 5.75 Å². The molecule has 1 aromatic rings. The van der Waals surface area contributed by atoms with Gasteiger partial charge in [-0.25, -0.2) is 9.32 Å². The minimum atomic E-state index is -2.46. The number of hydrogen-bond donors (Lipinski definition) is 1. The third-order valence-corrected chi connectivity index (χ3v) is 3.26. The van der Waals surface area contributed by atoms with E-state index in [1.807, 2.05) is 12.1 Å². The molecule has 7 heteroatoms. The second-order valence-electron chi connectivity index (χ2n) is 3.96. The molecule has 0 saturated carbocycles. The zero-order valence-electron chi connectivity index (χ0n) is 11.6. The highest BCUT2D eigenvalue weighted by atomic mass is 31.1. The Balaban J connectivity index is 2.60. The van der Waals surface area contributed by atoms with Crippen molar-refractivity contribution in [3.63, 3.8) is 0 Å². The molecule has 0 fully saturated rings. The van der Waals surface area contributed by atoms with E-state index in [0.717, 1.165) is 5.56 Å². The molecule has 0 aliphatic carbocycles. The molecule has 110 valence electrons. The first-order valence-corrected chi connectivity index (χ1v) is 7.44. The molecular formula is C13H19NO5P+. The van der Waals surface area contributed by atoms with Crippen LogP contribution in [0.2, 0.25) is 0 Å². The molecule has 2 atom stereocenters. The average Bonchev–Trinajstić information content (AvgIpc) is 2.41. The van der Waals surface area contributed by atoms with Gasteiger partial charge in [-0.1, -0.05) is 22.7 Å². The summed E-state index contributed by atoms with van der Waals surface area (Å²) in [5.74, 6) is -0.134. The molecule has 0 spiro atoms. The second-order valence-corrected chi connectivity index (χ2v) is 4.80. The van der Waals surface area contributed by atoms with Crippen molar-refractivity contribution >= 4 is 14.2 Å². The van der Waals surface area contributed by atoms with Crippen molar-refractivity contribution in [2.75, 3.05) is 13.2 Å². The second kappa shape index (κ2) is 8.64. The zero-order valence-corrected chi connectivity index (χ0v) is 12.5. The highest BCUT2D eigenvalue weighted by Gasteiger charge is 2.31. The summed E-state index contributed by atoms with van der Waals surface area (Å²) >= 11 is 0. The van der Waals surface area contributed by atoms with Crippen LogP contribution in [0.1, 0.15) is 19.4 Å². The molecule has 0 aliphatic rings. The van der Waals surface area contributed by atoms with Crippen molar-refractivity contribution in [1.82, 2.24) is 0 Å². The van der Waals surface area contributed by atoms with Gasteiger partial charge in [0.25, 0.3) is 0 Å². The summed E-state index contributed by atoms with van der Waals surface area (Å²) in [6.07, 6.45) is -0.340. The molecule has 2 unspecified atom stereocenters. The summed E-state index contributed by atoms with van der Waals surface area (Å²) in [6, 6.07) is 7.11. The summed E-state index contributed by atoms with van der Waals surface area (Å²) < 4.78 is 26.7. The fourth-order valence-electron chi connectivity index (χ4n) is 1.49. The number of rotatable bonds is 8. The summed E-state index contributed by atoms with van der Waals surface area (Å²) in [6.45, 7) is 3.84. The predicted molar refractivity (Wildman–Crippen MR) is 74.6 cm³/mol. The standard InChI is InChI=1S/C13H19NO5P/c1-3-17-13(15)10(2)18-20(16)19-12-7-5-4-6-11(12)8-9-14/h4-7,10H,3,8-9,14H2,1-2H3/q+1. The molecule has 0 saturated heterocycles. The van der Waals surface area contributed by atoms with Crippen LogP contribution < -0.4 is 10.3 Å². The van der Waals surface area contributed by atoms with Crippen LogP contribution in [0, 0.1) is 0 Å². The molecule has 1 rings (SSSR count). The smallest absolute Gasteiger partial charge is 0.464 e. The highest BCUT2D eigenvalue weighted by molar-refractivity contribution is 7.33. The van der Waals surface area contributed by atoms with Crippen molar-refractivity contribution in [2.45, 2.75) is 26.4 Å². The first-order chi connectivity index (χ1) is 9.58. The van der Waals surface area contributed by atoms with Gasteiger partial charge < -0.3 is 10.5 Å². The minimum Gasteiger partial charge on any atom is -0.464 e. The van der Waals surface area contributed by atoms with E-state index >= 15 is 0 Å². The van der Waals surface area contributed by atoms with Gasteiger partial charge in [-0.05, 0) is 32.9 Å². The molecule has 1 aromatic carbocycles. The van der Waals surface area contributed by atoms with Gasteiger partial charge in [-0.2, -0.15) is 0 Å². The van der Waals surface area contributed by atoms with E-state index in [4.69, 9.17) is 19.5 Å². The lowest BCUT2D eigenvalue weighted by molar-refractivity contribution is -0.150. The Morgan fingerprint density at radius 3 is 2.75 bits per heavy atom. The van der Waals surface area contributed by atoms with Crippen LogP contribution in [0.15, 0.2) is 24.3 Å². The van der Waals surface area contributed by atoms with E-state index in [-0.39, 0.29) is 6.61 Å². The number of esters is 1. The molecule has 2 N–H and O–H groups in total. The predicted octanol–water partition coefficient (Wildman–Crippen LogP) is 2.19. The fourth-order valence-corrected chi connectivity index (χ4v) is 2.21. The van der Waals surface area contributed by atoms with E-state index < -0.39 is 20.3 Å². The summed E-state index contributed by atoms with van der Waals surface area (Å²) in [7, 11) is -2.46. The average molecular weight is 300 g/mol. The van der Waals surface area contributed by atoms with Gasteiger partial charge in [0.15, 0.2) is 5.75 Å². The summed E-state index contributed by atoms with van der Waals surface area (Å²) in [4.78, 5) is 11.4. The van der Waals surface area contributed by atoms with Crippen LogP contribution in [-0.4, -0.2) is 25.2 Å². The molecule has 20 heavy (non-hydrogen) atoms. The van der Waals surface area contributed by atoms with E-state index in [9.17, 15) is 9.36 Å². The van der Waals surface area contributed by atoms with E-state index in [0.29, 0.717) is 18.7 Å². The van der Waals surface area contributed by atoms with Gasteiger partial charge in [0.05, 0.1) is 6.61 Å². The largest absolute Gasteiger partial charge is 0.751 e. The Kier molecular flexibility index (Phi) is 7.15. The van der Waals surface area contributed by atoms with Crippen LogP contribution >= 0.6 is 8.25 Å². The summed E-state index contributed by atoms with van der Waals surface area (Å²) in [5.41, 5.74) is 6.33. The van der Waals surface area contributed by atoms with Crippen molar-refractivity contribution < 1.29 is 23.1 Å². The molecular weight excluding hydrogens is 281 g/mol. The lowest BCUT2D eigenvalue weighted by Crippen LogP contribution is -2.21. The number of benzene rings is 1. The Morgan fingerprint density at radius 1 is 1.40 bits per heavy atom. The van der Waals surface area contributed by atoms with Crippen LogP contribution in [0.4, 0.5) is 0 Å². The minimum absolute atomic E-state index is 0.240. The Labute approximate surface area is 119 Å². The topological polar surface area (TPSA) is 87.8 Å². The summed E-state index contributed by atoms with van der Waals surface area (Å²) in [5, 5.41) is 0. The third-order valence-electron chi connectivity index (χ3n) is 2.42. The number of carbonyl (C=O) groups excluding carboxylic acids is 1. The molecule has 0 amide bonds. The molecule has 0 aromatic heterocycles. The molecule has 6 nitrogen and oxygen atoms in total. The maximum absolute atomic E-state index is 11.8. The number of carbonyl (C=O) groups is 1. The normalized spacial score (nSPS) is 12.7. The van der Waals surface area contributed by atoms with Crippen LogP contribution in [-0.2, 0) is 25.0 Å². The fraction of sp³-hybridized carbons (Fsp3) is 0.462. The van der Waals surface area contributed by atoms with E-state index in [2.05, 4.69) is 0 Å². The molecule has 0 aliphatic heterocycles. The Bertz CT molecular complexity index is 466. The Hall–Kier alpha value is -1.49. The van der Waals surface area contributed by atoms with Gasteiger partial charge in [0.2, 0.25) is 6.10 Å². The SMILES string of the molecule is CCOC(=O)C(C)O[P+](=O)Oc1ccccc1CCN. The number of hydrogen-bond acceptors (Lipinski definition) is 6. The maximum Gasteiger partial charge on any atom is 0.751 e. The maximum atomic E-state index is 11.8. The number of nitrogens with two attached hydrogens (primary N) is 1. The van der Waals surface area contributed by atoms with Crippen molar-refractivity contribution in [2.24, 2.45) is 5.73 Å². The first-order valence-electron chi connectivity index (χ1n) is 6.35. The van der Waals surface area contributed by atoms with Crippen molar-refractivity contribution in [3.8, 4) is 5.75 Å². The highest BCUT2D eigenvalue weighted by Crippen LogP contribution is 2.32. The van der Waals surface area contributed by atoms with Gasteiger partial charge >= 0.3 is 14.2 Å². The van der Waals surface area contributed by atoms with Crippen LogP contribution in [0.3, 0.4) is 0 Å². The third kappa shape index (κ3) is 5.25. The molecule has 0 heterocycles. The zero-order chi connectivity index (χ0) is 15.0. The van der Waals surface area contributed by atoms with E-state index in [1.54, 1.807) is 19.1 Å². The quantitative estimate of drug-likeness (QED) is 0.585. The van der Waals surface area contributed by atoms with Crippen molar-refractivity contribution in [3.05, 3.63) is 29.8 Å². The Morgan fingerprint density at radius 2 is 2.10 bits per heavy atom. The van der Waals surface area contributed by atoms with Gasteiger partial charge in [-0.3, -0.25) is 0 Å². The lowest BCUT2D eigenvalue weighted by Gasteiger charge is -2.05. The van der Waals surface area contributed by atoms with E-state index in [1.165, 1.54) is 6.92 Å². The van der Waals surface area contributed by atoms with Crippen molar-refractivity contribution in [1.29, 1.82) is 0 Å². The van der Waals surface area contributed by atoms with Gasteiger partial charge in [-0.15, -0.1) is 0 Å². The lowest BCUT2D eigenvalue weighted by atomic mass is 10.1. The monoisotopic (exact) mass is 300 g/mol. The van der Waals surface area contributed by atoms with Crippen LogP contribution in [0.25, 0.3) is 0 Å².